The zero-order valence-electron chi connectivity index (χ0n) is 8.90. The molecule has 0 bridgehead atoms. The van der Waals surface area contributed by atoms with Crippen LogP contribution in [0.15, 0.2) is 28.7 Å². The molecule has 2 rings (SSSR count). The number of rotatable bonds is 3. The third kappa shape index (κ3) is 2.11. The van der Waals surface area contributed by atoms with Gasteiger partial charge in [0.15, 0.2) is 0 Å². The molecule has 2 N–H and O–H groups in total. The number of benzene rings is 1. The van der Waals surface area contributed by atoms with Gasteiger partial charge in [-0.3, -0.25) is 4.79 Å². The van der Waals surface area contributed by atoms with E-state index in [0.717, 1.165) is 16.7 Å². The minimum Gasteiger partial charge on any atom is -0.329 e. The van der Waals surface area contributed by atoms with E-state index >= 15 is 0 Å². The average molecular weight is 284 g/mol. The molecule has 1 fully saturated rings. The van der Waals surface area contributed by atoms with Crippen molar-refractivity contribution in [3.63, 3.8) is 0 Å². The Bertz CT molecular complexity index is 397. The molecule has 86 valence electrons. The number of halogens is 1. The number of anilines is 1. The maximum Gasteiger partial charge on any atom is 0.242 e. The van der Waals surface area contributed by atoms with Crippen molar-refractivity contribution in [1.29, 1.82) is 0 Å². The van der Waals surface area contributed by atoms with Crippen LogP contribution in [-0.4, -0.2) is 30.6 Å². The van der Waals surface area contributed by atoms with Crippen molar-refractivity contribution in [3.8, 4) is 0 Å². The lowest BCUT2D eigenvalue weighted by Gasteiger charge is -2.28. The number of amides is 1. The Morgan fingerprint density at radius 2 is 2.12 bits per heavy atom. The van der Waals surface area contributed by atoms with Gasteiger partial charge in [-0.05, 0) is 28.1 Å². The van der Waals surface area contributed by atoms with E-state index in [1.807, 2.05) is 29.3 Å². The van der Waals surface area contributed by atoms with Gasteiger partial charge in [0.1, 0.15) is 0 Å². The van der Waals surface area contributed by atoms with Crippen LogP contribution in [0.5, 0.6) is 0 Å². The van der Waals surface area contributed by atoms with Crippen LogP contribution >= 0.6 is 15.9 Å². The first-order chi connectivity index (χ1) is 7.74. The van der Waals surface area contributed by atoms with Crippen molar-refractivity contribution in [2.24, 2.45) is 5.73 Å². The molecule has 1 aromatic carbocycles. The highest BCUT2D eigenvalue weighted by molar-refractivity contribution is 9.10. The summed E-state index contributed by atoms with van der Waals surface area (Å²) >= 11 is 3.46. The summed E-state index contributed by atoms with van der Waals surface area (Å²) < 4.78 is 0.923. The first-order valence-corrected chi connectivity index (χ1v) is 6.05. The Hall–Kier alpha value is -0.910. The average Bonchev–Trinajstić information content (AvgIpc) is 2.62. The van der Waals surface area contributed by atoms with Gasteiger partial charge in [0, 0.05) is 30.5 Å². The molecule has 1 amide bonds. The van der Waals surface area contributed by atoms with Gasteiger partial charge >= 0.3 is 0 Å². The number of carbonyl (C=O) groups excluding carboxylic acids is 1. The second kappa shape index (κ2) is 4.95. The van der Waals surface area contributed by atoms with E-state index in [-0.39, 0.29) is 5.91 Å². The highest BCUT2D eigenvalue weighted by Crippen LogP contribution is 2.29. The highest BCUT2D eigenvalue weighted by Gasteiger charge is 2.30. The normalized spacial score (nSPS) is 17.1. The Morgan fingerprint density at radius 1 is 1.38 bits per heavy atom. The van der Waals surface area contributed by atoms with E-state index in [9.17, 15) is 4.79 Å². The molecule has 0 aromatic heterocycles. The van der Waals surface area contributed by atoms with Crippen molar-refractivity contribution in [2.75, 3.05) is 24.6 Å². The zero-order chi connectivity index (χ0) is 11.5. The summed E-state index contributed by atoms with van der Waals surface area (Å²) in [6.45, 7) is 2.00. The largest absolute Gasteiger partial charge is 0.329 e. The predicted molar refractivity (Wildman–Crippen MR) is 66.9 cm³/mol. The van der Waals surface area contributed by atoms with E-state index in [0.29, 0.717) is 19.5 Å². The topological polar surface area (TPSA) is 49.6 Å². The van der Waals surface area contributed by atoms with Crippen molar-refractivity contribution in [1.82, 2.24) is 5.01 Å². The fourth-order valence-corrected chi connectivity index (χ4v) is 2.31. The summed E-state index contributed by atoms with van der Waals surface area (Å²) in [6.07, 6.45) is 0.557. The minimum atomic E-state index is 0.125. The molecule has 1 saturated heterocycles. The molecule has 0 unspecified atom stereocenters. The van der Waals surface area contributed by atoms with Gasteiger partial charge in [-0.15, -0.1) is 0 Å². The van der Waals surface area contributed by atoms with Crippen LogP contribution < -0.4 is 10.7 Å². The lowest BCUT2D eigenvalue weighted by atomic mass is 10.3. The van der Waals surface area contributed by atoms with Crippen LogP contribution in [0.2, 0.25) is 0 Å². The Kier molecular flexibility index (Phi) is 3.58. The van der Waals surface area contributed by atoms with E-state index < -0.39 is 0 Å². The van der Waals surface area contributed by atoms with Gasteiger partial charge in [-0.25, -0.2) is 10.0 Å². The third-order valence-corrected chi connectivity index (χ3v) is 3.24. The number of para-hydroxylation sites is 1. The molecule has 1 heterocycles. The summed E-state index contributed by atoms with van der Waals surface area (Å²) in [6, 6.07) is 7.71. The lowest BCUT2D eigenvalue weighted by molar-refractivity contribution is -0.118. The molecule has 0 radical (unpaired) electrons. The summed E-state index contributed by atoms with van der Waals surface area (Å²) in [5, 5.41) is 3.71. The van der Waals surface area contributed by atoms with Gasteiger partial charge in [0.2, 0.25) is 5.91 Å². The van der Waals surface area contributed by atoms with Crippen LogP contribution in [-0.2, 0) is 4.79 Å². The molecule has 4 nitrogen and oxygen atoms in total. The Labute approximate surface area is 103 Å². The molecular formula is C11H14BrN3O. The SMILES string of the molecule is NCCN1CCC(=O)N1c1ccccc1Br. The second-order valence-electron chi connectivity index (χ2n) is 3.65. The molecule has 16 heavy (non-hydrogen) atoms. The number of nitrogens with two attached hydrogens (primary N) is 1. The summed E-state index contributed by atoms with van der Waals surface area (Å²) in [5.41, 5.74) is 6.43. The first kappa shape index (κ1) is 11.6. The van der Waals surface area contributed by atoms with Gasteiger partial charge in [0.05, 0.1) is 5.69 Å². The first-order valence-electron chi connectivity index (χ1n) is 5.26. The van der Waals surface area contributed by atoms with Gasteiger partial charge in [-0.2, -0.15) is 0 Å². The van der Waals surface area contributed by atoms with Crippen LogP contribution in [0.25, 0.3) is 0 Å². The van der Waals surface area contributed by atoms with Crippen LogP contribution in [0, 0.1) is 0 Å². The molecule has 0 spiro atoms. The molecular weight excluding hydrogens is 270 g/mol. The van der Waals surface area contributed by atoms with Crippen LogP contribution in [0.3, 0.4) is 0 Å². The van der Waals surface area contributed by atoms with E-state index in [1.165, 1.54) is 0 Å². The number of nitrogens with zero attached hydrogens (tertiary/aromatic N) is 2. The Balaban J connectivity index is 2.30. The fraction of sp³-hybridized carbons (Fsp3) is 0.364. The van der Waals surface area contributed by atoms with Crippen molar-refractivity contribution >= 4 is 27.5 Å². The Morgan fingerprint density at radius 3 is 2.81 bits per heavy atom. The maximum absolute atomic E-state index is 11.8. The molecule has 5 heteroatoms. The van der Waals surface area contributed by atoms with Gasteiger partial charge in [0.25, 0.3) is 0 Å². The molecule has 1 aromatic rings. The molecule has 0 aliphatic carbocycles. The zero-order valence-corrected chi connectivity index (χ0v) is 10.5. The summed E-state index contributed by atoms with van der Waals surface area (Å²) in [5.74, 6) is 0.125. The molecule has 0 saturated carbocycles. The predicted octanol–water partition coefficient (Wildman–Crippen LogP) is 1.36. The smallest absolute Gasteiger partial charge is 0.242 e. The van der Waals surface area contributed by atoms with Crippen molar-refractivity contribution in [2.45, 2.75) is 6.42 Å². The van der Waals surface area contributed by atoms with Gasteiger partial charge < -0.3 is 5.73 Å². The number of hydrazine groups is 1. The lowest BCUT2D eigenvalue weighted by Crippen LogP contribution is -2.42. The molecule has 0 atom stereocenters. The van der Waals surface area contributed by atoms with E-state index in [1.54, 1.807) is 5.01 Å². The van der Waals surface area contributed by atoms with Crippen molar-refractivity contribution < 1.29 is 4.79 Å². The standard InChI is InChI=1S/C11H14BrN3O/c12-9-3-1-2-4-10(9)15-11(16)5-7-14(15)8-6-13/h1-4H,5-8,13H2. The number of carbonyl (C=O) groups is 1. The van der Waals surface area contributed by atoms with E-state index in [2.05, 4.69) is 15.9 Å². The molecule has 1 aliphatic heterocycles. The highest BCUT2D eigenvalue weighted by atomic mass is 79.9. The minimum absolute atomic E-state index is 0.125. The second-order valence-corrected chi connectivity index (χ2v) is 4.50. The molecule has 1 aliphatic rings. The monoisotopic (exact) mass is 283 g/mol. The maximum atomic E-state index is 11.8. The fourth-order valence-electron chi connectivity index (χ4n) is 1.86. The summed E-state index contributed by atoms with van der Waals surface area (Å²) in [4.78, 5) is 11.8. The van der Waals surface area contributed by atoms with Crippen LogP contribution in [0.1, 0.15) is 6.42 Å². The van der Waals surface area contributed by atoms with Crippen molar-refractivity contribution in [3.05, 3.63) is 28.7 Å². The van der Waals surface area contributed by atoms with E-state index in [4.69, 9.17) is 5.73 Å². The van der Waals surface area contributed by atoms with Crippen LogP contribution in [0.4, 0.5) is 5.69 Å². The number of hydrogen-bond acceptors (Lipinski definition) is 3. The third-order valence-electron chi connectivity index (χ3n) is 2.57. The number of hydrogen-bond donors (Lipinski definition) is 1. The summed E-state index contributed by atoms with van der Waals surface area (Å²) in [7, 11) is 0. The quantitative estimate of drug-likeness (QED) is 0.911. The van der Waals surface area contributed by atoms with Gasteiger partial charge in [-0.1, -0.05) is 12.1 Å².